The number of esters is 1. The second kappa shape index (κ2) is 4.79. The van der Waals surface area contributed by atoms with Gasteiger partial charge in [-0.2, -0.15) is 0 Å². The summed E-state index contributed by atoms with van der Waals surface area (Å²) in [5.41, 5.74) is 0. The number of fused-ring (bicyclic) bond motifs is 2. The summed E-state index contributed by atoms with van der Waals surface area (Å²) in [6.45, 7) is 2.80. The van der Waals surface area contributed by atoms with Gasteiger partial charge in [-0.25, -0.2) is 0 Å². The number of carbonyl (C=O) groups excluding carboxylic acids is 1. The Morgan fingerprint density at radius 1 is 1.40 bits per heavy atom. The summed E-state index contributed by atoms with van der Waals surface area (Å²) >= 11 is 0. The van der Waals surface area contributed by atoms with E-state index in [-0.39, 0.29) is 18.7 Å². The number of rotatable bonds is 5. The first-order chi connectivity index (χ1) is 7.31. The number of ether oxygens (including phenoxy) is 2. The van der Waals surface area contributed by atoms with Crippen molar-refractivity contribution in [1.82, 2.24) is 0 Å². The van der Waals surface area contributed by atoms with Crippen molar-refractivity contribution >= 4 is 5.97 Å². The molecule has 0 N–H and O–H groups in total. The van der Waals surface area contributed by atoms with Gasteiger partial charge in [-0.05, 0) is 31.1 Å². The van der Waals surface area contributed by atoms with Crippen LogP contribution in [0.15, 0.2) is 12.2 Å². The largest absolute Gasteiger partial charge is 0.438 e. The van der Waals surface area contributed by atoms with Gasteiger partial charge in [-0.3, -0.25) is 4.79 Å². The van der Waals surface area contributed by atoms with E-state index in [1.165, 1.54) is 0 Å². The second-order valence-electron chi connectivity index (χ2n) is 4.38. The highest BCUT2D eigenvalue weighted by molar-refractivity contribution is 5.74. The van der Waals surface area contributed by atoms with E-state index >= 15 is 0 Å². The quantitative estimate of drug-likeness (QED) is 0.302. The van der Waals surface area contributed by atoms with Crippen LogP contribution in [0, 0.1) is 17.8 Å². The molecule has 2 rings (SSSR count). The van der Waals surface area contributed by atoms with Crippen LogP contribution in [0.5, 0.6) is 0 Å². The standard InChI is InChI=1S/C12H18O3/c1-2-5-14-8-15-12(13)11-7-9-3-4-10(11)6-9/h3-4,9-11H,2,5-8H2,1H3. The maximum atomic E-state index is 11.7. The Morgan fingerprint density at radius 3 is 2.87 bits per heavy atom. The van der Waals surface area contributed by atoms with Gasteiger partial charge in [-0.15, -0.1) is 0 Å². The van der Waals surface area contributed by atoms with Crippen LogP contribution in [0.3, 0.4) is 0 Å². The molecule has 1 saturated carbocycles. The Kier molecular flexibility index (Phi) is 3.41. The minimum atomic E-state index is -0.0806. The van der Waals surface area contributed by atoms with E-state index in [9.17, 15) is 4.79 Å². The lowest BCUT2D eigenvalue weighted by Gasteiger charge is -2.16. The van der Waals surface area contributed by atoms with Crippen molar-refractivity contribution in [2.45, 2.75) is 26.2 Å². The molecule has 0 aliphatic heterocycles. The second-order valence-corrected chi connectivity index (χ2v) is 4.38. The summed E-state index contributed by atoms with van der Waals surface area (Å²) in [4.78, 5) is 11.7. The van der Waals surface area contributed by atoms with Crippen molar-refractivity contribution in [1.29, 1.82) is 0 Å². The van der Waals surface area contributed by atoms with Gasteiger partial charge in [-0.1, -0.05) is 19.1 Å². The molecule has 15 heavy (non-hydrogen) atoms. The fourth-order valence-electron chi connectivity index (χ4n) is 2.46. The maximum absolute atomic E-state index is 11.7. The Bertz CT molecular complexity index is 260. The smallest absolute Gasteiger partial charge is 0.311 e. The van der Waals surface area contributed by atoms with Crippen molar-refractivity contribution in [2.24, 2.45) is 17.8 Å². The van der Waals surface area contributed by atoms with Crippen LogP contribution in [-0.4, -0.2) is 19.4 Å². The molecule has 0 heterocycles. The molecule has 0 aromatic heterocycles. The predicted octanol–water partition coefficient (Wildman–Crippen LogP) is 2.13. The highest BCUT2D eigenvalue weighted by Crippen LogP contribution is 2.43. The summed E-state index contributed by atoms with van der Waals surface area (Å²) in [5.74, 6) is 1.05. The molecule has 0 amide bonds. The lowest BCUT2D eigenvalue weighted by Crippen LogP contribution is -2.22. The van der Waals surface area contributed by atoms with Crippen molar-refractivity contribution in [3.63, 3.8) is 0 Å². The monoisotopic (exact) mass is 210 g/mol. The minimum Gasteiger partial charge on any atom is -0.438 e. The van der Waals surface area contributed by atoms with Crippen molar-refractivity contribution in [3.05, 3.63) is 12.2 Å². The summed E-state index contributed by atoms with van der Waals surface area (Å²) in [5, 5.41) is 0. The van der Waals surface area contributed by atoms with Gasteiger partial charge in [0.25, 0.3) is 0 Å². The predicted molar refractivity (Wildman–Crippen MR) is 56.0 cm³/mol. The van der Waals surface area contributed by atoms with Gasteiger partial charge >= 0.3 is 5.97 Å². The Hall–Kier alpha value is -0.830. The van der Waals surface area contributed by atoms with Crippen LogP contribution in [0.25, 0.3) is 0 Å². The Morgan fingerprint density at radius 2 is 2.27 bits per heavy atom. The molecule has 2 bridgehead atoms. The molecule has 84 valence electrons. The fraction of sp³-hybridized carbons (Fsp3) is 0.750. The topological polar surface area (TPSA) is 35.5 Å². The Labute approximate surface area is 90.4 Å². The van der Waals surface area contributed by atoms with Gasteiger partial charge in [0, 0.05) is 0 Å². The third-order valence-electron chi connectivity index (χ3n) is 3.21. The van der Waals surface area contributed by atoms with E-state index in [1.807, 2.05) is 6.92 Å². The minimum absolute atomic E-state index is 0.0806. The third kappa shape index (κ3) is 2.40. The van der Waals surface area contributed by atoms with E-state index < -0.39 is 0 Å². The molecule has 3 unspecified atom stereocenters. The zero-order valence-electron chi connectivity index (χ0n) is 9.15. The third-order valence-corrected chi connectivity index (χ3v) is 3.21. The molecule has 0 radical (unpaired) electrons. The summed E-state index contributed by atoms with van der Waals surface area (Å²) in [7, 11) is 0. The van der Waals surface area contributed by atoms with Crippen LogP contribution >= 0.6 is 0 Å². The number of carbonyl (C=O) groups is 1. The van der Waals surface area contributed by atoms with Crippen LogP contribution < -0.4 is 0 Å². The summed E-state index contributed by atoms with van der Waals surface area (Å²) in [6.07, 6.45) is 7.44. The van der Waals surface area contributed by atoms with E-state index in [0.717, 1.165) is 19.3 Å². The first-order valence-electron chi connectivity index (χ1n) is 5.74. The zero-order valence-corrected chi connectivity index (χ0v) is 9.15. The Balaban J connectivity index is 1.70. The molecular weight excluding hydrogens is 192 g/mol. The lowest BCUT2D eigenvalue weighted by molar-refractivity contribution is -0.162. The van der Waals surface area contributed by atoms with Crippen molar-refractivity contribution in [2.75, 3.05) is 13.4 Å². The van der Waals surface area contributed by atoms with Crippen LogP contribution in [0.1, 0.15) is 26.2 Å². The SMILES string of the molecule is CCCOCOC(=O)C1CC2C=CC1C2. The molecule has 0 aromatic carbocycles. The summed E-state index contributed by atoms with van der Waals surface area (Å²) < 4.78 is 10.2. The zero-order chi connectivity index (χ0) is 10.7. The molecule has 0 aromatic rings. The lowest BCUT2D eigenvalue weighted by atomic mass is 9.94. The summed E-state index contributed by atoms with van der Waals surface area (Å²) in [6, 6.07) is 0. The van der Waals surface area contributed by atoms with Crippen molar-refractivity contribution < 1.29 is 14.3 Å². The van der Waals surface area contributed by atoms with Gasteiger partial charge in [0.2, 0.25) is 0 Å². The maximum Gasteiger partial charge on any atom is 0.311 e. The molecule has 3 heteroatoms. The number of allylic oxidation sites excluding steroid dienone is 2. The van der Waals surface area contributed by atoms with Gasteiger partial charge in [0.15, 0.2) is 6.79 Å². The molecule has 2 aliphatic carbocycles. The highest BCUT2D eigenvalue weighted by atomic mass is 16.7. The van der Waals surface area contributed by atoms with Crippen LogP contribution in [0.2, 0.25) is 0 Å². The molecule has 1 fully saturated rings. The molecular formula is C12H18O3. The van der Waals surface area contributed by atoms with Gasteiger partial charge in [0.05, 0.1) is 12.5 Å². The average Bonchev–Trinajstić information content (AvgIpc) is 2.85. The van der Waals surface area contributed by atoms with Crippen molar-refractivity contribution in [3.8, 4) is 0 Å². The molecule has 2 aliphatic rings. The average molecular weight is 210 g/mol. The first kappa shape index (κ1) is 10.7. The van der Waals surface area contributed by atoms with Gasteiger partial charge < -0.3 is 9.47 Å². The van der Waals surface area contributed by atoms with E-state index in [0.29, 0.717) is 18.4 Å². The van der Waals surface area contributed by atoms with Crippen LogP contribution in [0.4, 0.5) is 0 Å². The molecule has 0 saturated heterocycles. The van der Waals surface area contributed by atoms with E-state index in [4.69, 9.17) is 9.47 Å². The van der Waals surface area contributed by atoms with E-state index in [1.54, 1.807) is 0 Å². The normalized spacial score (nSPS) is 32.2. The number of hydrogen-bond acceptors (Lipinski definition) is 3. The molecule has 0 spiro atoms. The highest BCUT2D eigenvalue weighted by Gasteiger charge is 2.40. The van der Waals surface area contributed by atoms with Crippen LogP contribution in [-0.2, 0) is 14.3 Å². The molecule has 3 nitrogen and oxygen atoms in total. The number of hydrogen-bond donors (Lipinski definition) is 0. The van der Waals surface area contributed by atoms with E-state index in [2.05, 4.69) is 12.2 Å². The molecule has 3 atom stereocenters. The van der Waals surface area contributed by atoms with Gasteiger partial charge in [0.1, 0.15) is 0 Å². The first-order valence-corrected chi connectivity index (χ1v) is 5.74. The fourth-order valence-corrected chi connectivity index (χ4v) is 2.46.